The molecule has 22 heavy (non-hydrogen) atoms. The molecule has 1 heterocycles. The summed E-state index contributed by atoms with van der Waals surface area (Å²) in [5.74, 6) is 0.140. The number of benzene rings is 1. The van der Waals surface area contributed by atoms with Crippen LogP contribution in [-0.4, -0.2) is 51.9 Å². The molecule has 1 aliphatic rings. The molecule has 1 saturated heterocycles. The molecule has 0 aromatic heterocycles. The van der Waals surface area contributed by atoms with Crippen molar-refractivity contribution in [3.63, 3.8) is 0 Å². The van der Waals surface area contributed by atoms with E-state index in [1.165, 1.54) is 0 Å². The Morgan fingerprint density at radius 1 is 1.23 bits per heavy atom. The number of hydrogen-bond acceptors (Lipinski definition) is 4. The highest BCUT2D eigenvalue weighted by Gasteiger charge is 2.14. The van der Waals surface area contributed by atoms with Gasteiger partial charge in [-0.05, 0) is 37.6 Å². The summed E-state index contributed by atoms with van der Waals surface area (Å²) in [5.41, 5.74) is 1.66. The Balaban J connectivity index is 1.79. The van der Waals surface area contributed by atoms with Crippen LogP contribution in [0.3, 0.4) is 0 Å². The van der Waals surface area contributed by atoms with Crippen molar-refractivity contribution in [3.8, 4) is 0 Å². The van der Waals surface area contributed by atoms with Gasteiger partial charge in [-0.1, -0.05) is 24.3 Å². The van der Waals surface area contributed by atoms with Gasteiger partial charge in [-0.2, -0.15) is 0 Å². The highest BCUT2D eigenvalue weighted by atomic mass is 32.2. The normalized spacial score (nSPS) is 17.0. The van der Waals surface area contributed by atoms with Crippen molar-refractivity contribution < 1.29 is 13.2 Å². The molecule has 0 spiro atoms. The summed E-state index contributed by atoms with van der Waals surface area (Å²) in [4.78, 5) is 2.24. The first-order chi connectivity index (χ1) is 10.6. The number of sulfonamides is 1. The number of nitrogens with zero attached hydrogens (tertiary/aromatic N) is 1. The van der Waals surface area contributed by atoms with Crippen molar-refractivity contribution in [3.05, 3.63) is 35.9 Å². The number of allylic oxidation sites excluding steroid dienone is 1. The number of morpholine rings is 1. The van der Waals surface area contributed by atoms with Crippen molar-refractivity contribution in [1.82, 2.24) is 4.90 Å². The van der Waals surface area contributed by atoms with E-state index in [0.717, 1.165) is 38.4 Å². The fraction of sp³-hybridized carbons (Fsp3) is 0.500. The van der Waals surface area contributed by atoms with Crippen LogP contribution in [-0.2, 0) is 14.8 Å². The third kappa shape index (κ3) is 5.79. The standard InChI is InChI=1S/C16H24N2O3S/c1-2-4-15-5-7-16(8-6-15)17-22(19,20)14-3-9-18-10-12-21-13-11-18/h2,4-8,17H,3,9-14H2,1H3/b4-2+. The third-order valence-electron chi connectivity index (χ3n) is 3.53. The smallest absolute Gasteiger partial charge is 0.232 e. The third-order valence-corrected chi connectivity index (χ3v) is 4.91. The zero-order valence-corrected chi connectivity index (χ0v) is 13.8. The maximum atomic E-state index is 12.1. The largest absolute Gasteiger partial charge is 0.379 e. The lowest BCUT2D eigenvalue weighted by molar-refractivity contribution is 0.0381. The molecular weight excluding hydrogens is 300 g/mol. The molecule has 6 heteroatoms. The van der Waals surface area contributed by atoms with Gasteiger partial charge >= 0.3 is 0 Å². The lowest BCUT2D eigenvalue weighted by Crippen LogP contribution is -2.37. The van der Waals surface area contributed by atoms with E-state index < -0.39 is 10.0 Å². The first-order valence-corrected chi connectivity index (χ1v) is 9.28. The van der Waals surface area contributed by atoms with Gasteiger partial charge in [-0.25, -0.2) is 8.42 Å². The Hall–Kier alpha value is -1.37. The summed E-state index contributed by atoms with van der Waals surface area (Å²) in [6, 6.07) is 7.36. The van der Waals surface area contributed by atoms with E-state index in [1.807, 2.05) is 31.2 Å². The van der Waals surface area contributed by atoms with Crippen molar-refractivity contribution in [2.24, 2.45) is 0 Å². The van der Waals surface area contributed by atoms with Gasteiger partial charge in [0.15, 0.2) is 0 Å². The van der Waals surface area contributed by atoms with Crippen LogP contribution < -0.4 is 4.72 Å². The van der Waals surface area contributed by atoms with Crippen LogP contribution >= 0.6 is 0 Å². The minimum Gasteiger partial charge on any atom is -0.379 e. The van der Waals surface area contributed by atoms with Gasteiger partial charge in [0.05, 0.1) is 19.0 Å². The molecule has 1 aliphatic heterocycles. The molecule has 122 valence electrons. The number of hydrogen-bond donors (Lipinski definition) is 1. The number of ether oxygens (including phenoxy) is 1. The fourth-order valence-corrected chi connectivity index (χ4v) is 3.49. The van der Waals surface area contributed by atoms with Gasteiger partial charge in [-0.15, -0.1) is 0 Å². The van der Waals surface area contributed by atoms with Crippen LogP contribution in [0.2, 0.25) is 0 Å². The predicted octanol–water partition coefficient (Wildman–Crippen LogP) is 2.18. The van der Waals surface area contributed by atoms with Crippen LogP contribution in [0.1, 0.15) is 18.9 Å². The Labute approximate surface area is 133 Å². The average Bonchev–Trinajstić information content (AvgIpc) is 2.50. The summed E-state index contributed by atoms with van der Waals surface area (Å²) in [5, 5.41) is 0. The summed E-state index contributed by atoms with van der Waals surface area (Å²) >= 11 is 0. The molecule has 0 atom stereocenters. The summed E-state index contributed by atoms with van der Waals surface area (Å²) in [6.45, 7) is 6.00. The molecule has 0 saturated carbocycles. The fourth-order valence-electron chi connectivity index (χ4n) is 2.39. The molecule has 0 unspecified atom stereocenters. The molecular formula is C16H24N2O3S. The predicted molar refractivity (Wildman–Crippen MR) is 90.4 cm³/mol. The molecule has 2 rings (SSSR count). The average molecular weight is 324 g/mol. The number of nitrogens with one attached hydrogen (secondary N) is 1. The van der Waals surface area contributed by atoms with Crippen LogP contribution in [0.15, 0.2) is 30.3 Å². The van der Waals surface area contributed by atoms with E-state index in [-0.39, 0.29) is 5.75 Å². The first-order valence-electron chi connectivity index (χ1n) is 7.62. The molecule has 1 N–H and O–H groups in total. The van der Waals surface area contributed by atoms with Crippen molar-refractivity contribution >= 4 is 21.8 Å². The number of anilines is 1. The topological polar surface area (TPSA) is 58.6 Å². The van der Waals surface area contributed by atoms with Gasteiger partial charge in [0.2, 0.25) is 10.0 Å². The molecule has 1 fully saturated rings. The van der Waals surface area contributed by atoms with Gasteiger partial charge in [0.1, 0.15) is 0 Å². The van der Waals surface area contributed by atoms with Gasteiger partial charge in [-0.3, -0.25) is 9.62 Å². The van der Waals surface area contributed by atoms with E-state index in [0.29, 0.717) is 12.1 Å². The van der Waals surface area contributed by atoms with Crippen LogP contribution in [0.5, 0.6) is 0 Å². The Morgan fingerprint density at radius 3 is 2.55 bits per heavy atom. The van der Waals surface area contributed by atoms with Crippen LogP contribution in [0.4, 0.5) is 5.69 Å². The molecule has 0 radical (unpaired) electrons. The lowest BCUT2D eigenvalue weighted by atomic mass is 10.2. The Kier molecular flexibility index (Phi) is 6.42. The Bertz CT molecular complexity index is 576. The summed E-state index contributed by atoms with van der Waals surface area (Å²) < 4.78 is 32.1. The molecule has 5 nitrogen and oxygen atoms in total. The highest BCUT2D eigenvalue weighted by molar-refractivity contribution is 7.92. The highest BCUT2D eigenvalue weighted by Crippen LogP contribution is 2.13. The second-order valence-electron chi connectivity index (χ2n) is 5.35. The zero-order chi connectivity index (χ0) is 15.8. The van der Waals surface area contributed by atoms with Crippen molar-refractivity contribution in [2.45, 2.75) is 13.3 Å². The van der Waals surface area contributed by atoms with E-state index in [1.54, 1.807) is 12.1 Å². The van der Waals surface area contributed by atoms with Crippen LogP contribution in [0, 0.1) is 0 Å². The van der Waals surface area contributed by atoms with Crippen LogP contribution in [0.25, 0.3) is 6.08 Å². The zero-order valence-electron chi connectivity index (χ0n) is 13.0. The first kappa shape index (κ1) is 17.0. The Morgan fingerprint density at radius 2 is 1.91 bits per heavy atom. The molecule has 0 bridgehead atoms. The number of rotatable bonds is 7. The van der Waals surface area contributed by atoms with E-state index in [9.17, 15) is 8.42 Å². The molecule has 0 amide bonds. The monoisotopic (exact) mass is 324 g/mol. The van der Waals surface area contributed by atoms with Gasteiger partial charge in [0.25, 0.3) is 0 Å². The molecule has 1 aromatic rings. The molecule has 1 aromatic carbocycles. The quantitative estimate of drug-likeness (QED) is 0.835. The maximum absolute atomic E-state index is 12.1. The van der Waals surface area contributed by atoms with E-state index in [4.69, 9.17) is 4.74 Å². The van der Waals surface area contributed by atoms with Gasteiger partial charge in [0, 0.05) is 18.8 Å². The molecule has 0 aliphatic carbocycles. The second-order valence-corrected chi connectivity index (χ2v) is 7.19. The summed E-state index contributed by atoms with van der Waals surface area (Å²) in [7, 11) is -3.29. The van der Waals surface area contributed by atoms with Gasteiger partial charge < -0.3 is 4.74 Å². The van der Waals surface area contributed by atoms with E-state index in [2.05, 4.69) is 9.62 Å². The SMILES string of the molecule is C/C=C/c1ccc(NS(=O)(=O)CCCN2CCOCC2)cc1. The van der Waals surface area contributed by atoms with E-state index >= 15 is 0 Å². The summed E-state index contributed by atoms with van der Waals surface area (Å²) in [6.07, 6.45) is 4.55. The minimum atomic E-state index is -3.29. The lowest BCUT2D eigenvalue weighted by Gasteiger charge is -2.26. The van der Waals surface area contributed by atoms with Crippen molar-refractivity contribution in [2.75, 3.05) is 43.3 Å². The van der Waals surface area contributed by atoms with Crippen molar-refractivity contribution in [1.29, 1.82) is 0 Å². The minimum absolute atomic E-state index is 0.140. The maximum Gasteiger partial charge on any atom is 0.232 e. The second kappa shape index (κ2) is 8.31.